The third-order valence-corrected chi connectivity index (χ3v) is 6.36. The second-order valence-electron chi connectivity index (χ2n) is 10.1. The van der Waals surface area contributed by atoms with E-state index in [-0.39, 0.29) is 17.9 Å². The van der Waals surface area contributed by atoms with Crippen molar-refractivity contribution in [1.82, 2.24) is 14.3 Å². The molecule has 1 unspecified atom stereocenters. The minimum absolute atomic E-state index is 0.150. The van der Waals surface area contributed by atoms with Crippen LogP contribution in [0.25, 0.3) is 16.8 Å². The number of carbonyl (C=O) groups is 2. The van der Waals surface area contributed by atoms with E-state index in [0.717, 1.165) is 28.9 Å². The number of benzene rings is 2. The van der Waals surface area contributed by atoms with Gasteiger partial charge in [-0.2, -0.15) is 0 Å². The number of nitrogens with zero attached hydrogens (tertiary/aromatic N) is 3. The molecule has 2 aromatic heterocycles. The van der Waals surface area contributed by atoms with E-state index in [2.05, 4.69) is 20.8 Å². The normalized spacial score (nSPS) is 15.8. The maximum Gasteiger partial charge on any atom is 0.410 e. The van der Waals surface area contributed by atoms with Crippen LogP contribution in [0.2, 0.25) is 0 Å². The zero-order valence-electron chi connectivity index (χ0n) is 20.8. The van der Waals surface area contributed by atoms with Crippen LogP contribution in [0.15, 0.2) is 79.3 Å². The Kier molecular flexibility index (Phi) is 6.22. The molecule has 1 aliphatic rings. The summed E-state index contributed by atoms with van der Waals surface area (Å²) in [5.41, 5.74) is 5.08. The summed E-state index contributed by atoms with van der Waals surface area (Å²) in [6.07, 6.45) is 4.21. The van der Waals surface area contributed by atoms with Crippen molar-refractivity contribution in [3.63, 3.8) is 0 Å². The maximum absolute atomic E-state index is 12.7. The average Bonchev–Trinajstić information content (AvgIpc) is 3.49. The Morgan fingerprint density at radius 1 is 1.03 bits per heavy atom. The number of nitrogens with one attached hydrogen (secondary N) is 1. The standard InChI is InChI=1S/C29H30N4O3/c1-29(2,3)36-28(35)32-16-14-22(18-32)24-17-26(33-19-30-15-13-25(24)33)20-9-11-21(12-10-20)27(34)31-23-7-5-4-6-8-23/h4-13,15,17,19,22H,14,16,18H2,1-3H3,(H,31,34). The molecule has 1 fully saturated rings. The molecular weight excluding hydrogens is 452 g/mol. The lowest BCUT2D eigenvalue weighted by Gasteiger charge is -2.24. The highest BCUT2D eigenvalue weighted by Crippen LogP contribution is 2.35. The summed E-state index contributed by atoms with van der Waals surface area (Å²) in [6, 6.07) is 21.2. The Hall–Kier alpha value is -4.13. The van der Waals surface area contributed by atoms with E-state index in [0.29, 0.717) is 18.7 Å². The molecule has 1 N–H and O–H groups in total. The van der Waals surface area contributed by atoms with Gasteiger partial charge in [0.05, 0.1) is 17.5 Å². The summed E-state index contributed by atoms with van der Waals surface area (Å²) in [5.74, 6) is 0.0582. The number of hydrogen-bond donors (Lipinski definition) is 1. The van der Waals surface area contributed by atoms with Gasteiger partial charge in [0.25, 0.3) is 5.91 Å². The van der Waals surface area contributed by atoms with Gasteiger partial charge in [0.1, 0.15) is 5.60 Å². The summed E-state index contributed by atoms with van der Waals surface area (Å²) < 4.78 is 7.65. The van der Waals surface area contributed by atoms with Crippen molar-refractivity contribution in [3.8, 4) is 11.3 Å². The Morgan fingerprint density at radius 3 is 2.50 bits per heavy atom. The molecule has 2 aromatic carbocycles. The number of anilines is 1. The minimum Gasteiger partial charge on any atom is -0.444 e. The number of ether oxygens (including phenoxy) is 1. The van der Waals surface area contributed by atoms with Gasteiger partial charge in [-0.05, 0) is 74.7 Å². The molecule has 0 radical (unpaired) electrons. The van der Waals surface area contributed by atoms with Crippen molar-refractivity contribution < 1.29 is 14.3 Å². The fraction of sp³-hybridized carbons (Fsp3) is 0.276. The second kappa shape index (κ2) is 9.49. The smallest absolute Gasteiger partial charge is 0.410 e. The molecule has 4 aromatic rings. The number of amides is 2. The second-order valence-corrected chi connectivity index (χ2v) is 10.1. The number of fused-ring (bicyclic) bond motifs is 1. The predicted octanol–water partition coefficient (Wildman–Crippen LogP) is 5.98. The topological polar surface area (TPSA) is 75.9 Å². The van der Waals surface area contributed by atoms with Gasteiger partial charge in [0.15, 0.2) is 0 Å². The van der Waals surface area contributed by atoms with Gasteiger partial charge in [0, 0.05) is 36.5 Å². The van der Waals surface area contributed by atoms with Crippen LogP contribution in [0.3, 0.4) is 0 Å². The monoisotopic (exact) mass is 482 g/mol. The largest absolute Gasteiger partial charge is 0.444 e. The average molecular weight is 483 g/mol. The molecule has 7 heteroatoms. The first-order chi connectivity index (χ1) is 17.3. The molecule has 184 valence electrons. The van der Waals surface area contributed by atoms with Crippen LogP contribution in [-0.4, -0.2) is 45.0 Å². The van der Waals surface area contributed by atoms with Crippen molar-refractivity contribution >= 4 is 23.2 Å². The van der Waals surface area contributed by atoms with Crippen molar-refractivity contribution in [3.05, 3.63) is 90.4 Å². The Morgan fingerprint density at radius 2 is 1.78 bits per heavy atom. The summed E-state index contributed by atoms with van der Waals surface area (Å²) in [6.45, 7) is 6.94. The molecule has 1 saturated heterocycles. The lowest BCUT2D eigenvalue weighted by Crippen LogP contribution is -2.35. The first kappa shape index (κ1) is 23.6. The highest BCUT2D eigenvalue weighted by atomic mass is 16.6. The summed E-state index contributed by atoms with van der Waals surface area (Å²) in [5, 5.41) is 2.92. The van der Waals surface area contributed by atoms with Crippen LogP contribution in [0, 0.1) is 0 Å². The summed E-state index contributed by atoms with van der Waals surface area (Å²) >= 11 is 0. The van der Waals surface area contributed by atoms with Crippen LogP contribution in [0.4, 0.5) is 10.5 Å². The van der Waals surface area contributed by atoms with E-state index in [4.69, 9.17) is 4.74 Å². The number of aromatic nitrogens is 2. The minimum atomic E-state index is -0.513. The molecule has 0 spiro atoms. The zero-order valence-corrected chi connectivity index (χ0v) is 20.8. The lowest BCUT2D eigenvalue weighted by molar-refractivity contribution is 0.0292. The SMILES string of the molecule is CC(C)(C)OC(=O)N1CCC(c2cc(-c3ccc(C(=O)Nc4ccccc4)cc3)n3cnccc23)C1. The lowest BCUT2D eigenvalue weighted by atomic mass is 9.98. The Balaban J connectivity index is 1.38. The molecule has 7 nitrogen and oxygen atoms in total. The zero-order chi connectivity index (χ0) is 25.3. The van der Waals surface area contributed by atoms with Crippen LogP contribution >= 0.6 is 0 Å². The predicted molar refractivity (Wildman–Crippen MR) is 140 cm³/mol. The van der Waals surface area contributed by atoms with Crippen LogP contribution < -0.4 is 5.32 Å². The third kappa shape index (κ3) is 4.96. The van der Waals surface area contributed by atoms with E-state index in [1.165, 1.54) is 5.56 Å². The van der Waals surface area contributed by atoms with Gasteiger partial charge >= 0.3 is 6.09 Å². The first-order valence-corrected chi connectivity index (χ1v) is 12.2. The van der Waals surface area contributed by atoms with Gasteiger partial charge in [0.2, 0.25) is 0 Å². The van der Waals surface area contributed by atoms with Gasteiger partial charge in [-0.3, -0.25) is 4.79 Å². The van der Waals surface area contributed by atoms with Crippen molar-refractivity contribution in [1.29, 1.82) is 0 Å². The molecule has 3 heterocycles. The quantitative estimate of drug-likeness (QED) is 0.388. The summed E-state index contributed by atoms with van der Waals surface area (Å²) in [4.78, 5) is 31.4. The van der Waals surface area contributed by atoms with Gasteiger partial charge in [-0.25, -0.2) is 9.78 Å². The van der Waals surface area contributed by atoms with E-state index >= 15 is 0 Å². The van der Waals surface area contributed by atoms with Crippen LogP contribution in [0.5, 0.6) is 0 Å². The molecule has 0 bridgehead atoms. The van der Waals surface area contributed by atoms with Crippen LogP contribution in [-0.2, 0) is 4.74 Å². The van der Waals surface area contributed by atoms with E-state index in [9.17, 15) is 9.59 Å². The fourth-order valence-electron chi connectivity index (χ4n) is 4.65. The van der Waals surface area contributed by atoms with Crippen LogP contribution in [0.1, 0.15) is 49.0 Å². The highest BCUT2D eigenvalue weighted by Gasteiger charge is 2.32. The Bertz CT molecular complexity index is 1390. The number of carbonyl (C=O) groups excluding carboxylic acids is 2. The number of rotatable bonds is 4. The summed E-state index contributed by atoms with van der Waals surface area (Å²) in [7, 11) is 0. The molecule has 2 amide bonds. The molecule has 1 aliphatic heterocycles. The Labute approximate surface area is 210 Å². The molecule has 36 heavy (non-hydrogen) atoms. The number of hydrogen-bond acceptors (Lipinski definition) is 4. The highest BCUT2D eigenvalue weighted by molar-refractivity contribution is 6.04. The number of para-hydroxylation sites is 1. The maximum atomic E-state index is 12.7. The van der Waals surface area contributed by atoms with Crippen molar-refractivity contribution in [2.24, 2.45) is 0 Å². The van der Waals surface area contributed by atoms with E-state index in [1.54, 1.807) is 11.1 Å². The van der Waals surface area contributed by atoms with Gasteiger partial charge in [-0.15, -0.1) is 0 Å². The third-order valence-electron chi connectivity index (χ3n) is 6.36. The first-order valence-electron chi connectivity index (χ1n) is 12.2. The van der Waals surface area contributed by atoms with Gasteiger partial charge in [-0.1, -0.05) is 30.3 Å². The number of likely N-dealkylation sites (tertiary alicyclic amines) is 1. The fourth-order valence-corrected chi connectivity index (χ4v) is 4.65. The molecule has 1 atom stereocenters. The molecule has 0 saturated carbocycles. The van der Waals surface area contributed by atoms with Crippen molar-refractivity contribution in [2.45, 2.75) is 38.7 Å². The van der Waals surface area contributed by atoms with Crippen molar-refractivity contribution in [2.75, 3.05) is 18.4 Å². The molecule has 0 aliphatic carbocycles. The van der Waals surface area contributed by atoms with E-state index < -0.39 is 5.60 Å². The van der Waals surface area contributed by atoms with Gasteiger partial charge < -0.3 is 19.4 Å². The molecular formula is C29H30N4O3. The molecule has 5 rings (SSSR count). The van der Waals surface area contributed by atoms with E-state index in [1.807, 2.05) is 87.8 Å².